The van der Waals surface area contributed by atoms with Crippen LogP contribution in [-0.2, 0) is 0 Å². The quantitative estimate of drug-likeness (QED) is 0.468. The second-order valence-electron chi connectivity index (χ2n) is 5.15. The van der Waals surface area contributed by atoms with Crippen molar-refractivity contribution in [1.29, 1.82) is 0 Å². The van der Waals surface area contributed by atoms with Crippen LogP contribution in [0.25, 0.3) is 0 Å². The first-order valence-electron chi connectivity index (χ1n) is 7.86. The van der Waals surface area contributed by atoms with Crippen molar-refractivity contribution in [1.82, 2.24) is 10.2 Å². The van der Waals surface area contributed by atoms with Crippen LogP contribution in [0.2, 0.25) is 0 Å². The monoisotopic (exact) mass is 254 g/mol. The molecule has 0 heterocycles. The van der Waals surface area contributed by atoms with E-state index in [1.54, 1.807) is 0 Å². The van der Waals surface area contributed by atoms with Gasteiger partial charge in [0.15, 0.2) is 0 Å². The molecular formula is C16H34N2. The Morgan fingerprint density at radius 2 is 1.44 bits per heavy atom. The Bertz CT molecular complexity index is 168. The summed E-state index contributed by atoms with van der Waals surface area (Å²) >= 11 is 0. The third-order valence-electron chi connectivity index (χ3n) is 3.46. The molecule has 0 aromatic rings. The number of hydrogen-bond acceptors (Lipinski definition) is 2. The van der Waals surface area contributed by atoms with Gasteiger partial charge in [-0.3, -0.25) is 0 Å². The van der Waals surface area contributed by atoms with Gasteiger partial charge in [-0.1, -0.05) is 64.9 Å². The topological polar surface area (TPSA) is 15.3 Å². The fourth-order valence-corrected chi connectivity index (χ4v) is 2.18. The molecular weight excluding hydrogens is 220 g/mol. The minimum Gasteiger partial charge on any atom is -0.377 e. The van der Waals surface area contributed by atoms with E-state index < -0.39 is 0 Å². The molecule has 0 aliphatic carbocycles. The molecule has 0 amide bonds. The first kappa shape index (κ1) is 17.5. The second kappa shape index (κ2) is 14.6. The van der Waals surface area contributed by atoms with Crippen LogP contribution < -0.4 is 5.32 Å². The molecule has 0 aliphatic heterocycles. The van der Waals surface area contributed by atoms with E-state index in [1.165, 1.54) is 64.3 Å². The molecule has 0 unspecified atom stereocenters. The van der Waals surface area contributed by atoms with Gasteiger partial charge in [0.05, 0.1) is 0 Å². The molecule has 2 heteroatoms. The predicted octanol–water partition coefficient (Wildman–Crippen LogP) is 4.18. The van der Waals surface area contributed by atoms with E-state index in [1.807, 2.05) is 13.2 Å². The summed E-state index contributed by atoms with van der Waals surface area (Å²) in [5.41, 5.74) is 0. The van der Waals surface area contributed by atoms with E-state index in [-0.39, 0.29) is 0 Å². The van der Waals surface area contributed by atoms with E-state index in [0.717, 1.165) is 13.1 Å². The van der Waals surface area contributed by atoms with Gasteiger partial charge in [-0.15, -0.1) is 0 Å². The summed E-state index contributed by atoms with van der Waals surface area (Å²) in [7, 11) is 2.00. The summed E-state index contributed by atoms with van der Waals surface area (Å²) in [5, 5.41) is 3.18. The second-order valence-corrected chi connectivity index (χ2v) is 5.15. The Morgan fingerprint density at radius 1 is 0.889 bits per heavy atom. The molecule has 108 valence electrons. The fraction of sp³-hybridized carbons (Fsp3) is 0.875. The third-order valence-corrected chi connectivity index (χ3v) is 3.46. The fourth-order valence-electron chi connectivity index (χ4n) is 2.18. The molecule has 18 heavy (non-hydrogen) atoms. The van der Waals surface area contributed by atoms with Gasteiger partial charge >= 0.3 is 0 Å². The van der Waals surface area contributed by atoms with Crippen molar-refractivity contribution in [2.45, 2.75) is 64.7 Å². The molecule has 0 aromatic carbocycles. The first-order chi connectivity index (χ1) is 8.85. The number of likely N-dealkylation sites (N-methyl/N-ethyl adjacent to an activating group) is 1. The largest absolute Gasteiger partial charge is 0.377 e. The number of unbranched alkanes of at least 4 members (excludes halogenated alkanes) is 8. The number of rotatable bonds is 14. The van der Waals surface area contributed by atoms with E-state index >= 15 is 0 Å². The lowest BCUT2D eigenvalue weighted by Gasteiger charge is -2.19. The summed E-state index contributed by atoms with van der Waals surface area (Å²) in [6.07, 6.45) is 14.6. The predicted molar refractivity (Wildman–Crippen MR) is 82.9 cm³/mol. The molecule has 0 saturated heterocycles. The number of nitrogens with zero attached hydrogens (tertiary/aromatic N) is 1. The maximum Gasteiger partial charge on any atom is 0.0297 e. The molecule has 0 bridgehead atoms. The van der Waals surface area contributed by atoms with E-state index in [9.17, 15) is 0 Å². The van der Waals surface area contributed by atoms with Crippen molar-refractivity contribution in [3.63, 3.8) is 0 Å². The van der Waals surface area contributed by atoms with Gasteiger partial charge in [0, 0.05) is 19.6 Å². The van der Waals surface area contributed by atoms with E-state index in [0.29, 0.717) is 0 Å². The van der Waals surface area contributed by atoms with Crippen LogP contribution in [0.15, 0.2) is 12.8 Å². The smallest absolute Gasteiger partial charge is 0.0297 e. The van der Waals surface area contributed by atoms with Crippen molar-refractivity contribution < 1.29 is 0 Å². The van der Waals surface area contributed by atoms with Crippen LogP contribution in [0.4, 0.5) is 0 Å². The zero-order valence-corrected chi connectivity index (χ0v) is 12.7. The molecule has 0 atom stereocenters. The maximum absolute atomic E-state index is 3.87. The lowest BCUT2D eigenvalue weighted by molar-refractivity contribution is 0.362. The molecule has 1 N–H and O–H groups in total. The standard InChI is InChI=1S/C16H34N2/c1-4-6-7-8-9-10-11-12-13-15-18(5-2)16-14-17-3/h5,17H,2,4,6-16H2,1,3H3. The Hall–Kier alpha value is -0.500. The van der Waals surface area contributed by atoms with Gasteiger partial charge in [-0.05, 0) is 19.7 Å². The minimum atomic E-state index is 1.05. The lowest BCUT2D eigenvalue weighted by Crippen LogP contribution is -2.27. The lowest BCUT2D eigenvalue weighted by atomic mass is 10.1. The molecule has 0 radical (unpaired) electrons. The third kappa shape index (κ3) is 12.0. The Labute approximate surface area is 115 Å². The average Bonchev–Trinajstić information content (AvgIpc) is 2.40. The number of nitrogens with one attached hydrogen (secondary N) is 1. The highest BCUT2D eigenvalue weighted by molar-refractivity contribution is 4.71. The van der Waals surface area contributed by atoms with Gasteiger partial charge in [0.1, 0.15) is 0 Å². The van der Waals surface area contributed by atoms with Gasteiger partial charge in [-0.25, -0.2) is 0 Å². The van der Waals surface area contributed by atoms with Crippen LogP contribution >= 0.6 is 0 Å². The molecule has 0 aliphatic rings. The van der Waals surface area contributed by atoms with Crippen molar-refractivity contribution in [2.24, 2.45) is 0 Å². The summed E-state index contributed by atoms with van der Waals surface area (Å²) in [6, 6.07) is 0. The Kier molecular flexibility index (Phi) is 14.2. The highest BCUT2D eigenvalue weighted by atomic mass is 15.1. The van der Waals surface area contributed by atoms with Crippen molar-refractivity contribution >= 4 is 0 Å². The SMILES string of the molecule is C=CN(CCCCCCCCCCC)CCNC. The average molecular weight is 254 g/mol. The van der Waals surface area contributed by atoms with Crippen LogP contribution in [0, 0.1) is 0 Å². The van der Waals surface area contributed by atoms with Crippen LogP contribution in [0.3, 0.4) is 0 Å². The van der Waals surface area contributed by atoms with Crippen LogP contribution in [0.1, 0.15) is 64.7 Å². The van der Waals surface area contributed by atoms with Crippen molar-refractivity contribution in [3.8, 4) is 0 Å². The molecule has 0 spiro atoms. The van der Waals surface area contributed by atoms with E-state index in [4.69, 9.17) is 0 Å². The molecule has 0 saturated carbocycles. The zero-order valence-electron chi connectivity index (χ0n) is 12.7. The van der Waals surface area contributed by atoms with Crippen LogP contribution in [0.5, 0.6) is 0 Å². The maximum atomic E-state index is 3.87. The molecule has 0 fully saturated rings. The molecule has 2 nitrogen and oxygen atoms in total. The van der Waals surface area contributed by atoms with Gasteiger partial charge in [0.25, 0.3) is 0 Å². The van der Waals surface area contributed by atoms with Crippen molar-refractivity contribution in [3.05, 3.63) is 12.8 Å². The summed E-state index contributed by atoms with van der Waals surface area (Å²) in [5.74, 6) is 0. The van der Waals surface area contributed by atoms with Crippen molar-refractivity contribution in [2.75, 3.05) is 26.7 Å². The number of hydrogen-bond donors (Lipinski definition) is 1. The summed E-state index contributed by atoms with van der Waals surface area (Å²) < 4.78 is 0. The summed E-state index contributed by atoms with van der Waals surface area (Å²) in [6.45, 7) is 9.44. The van der Waals surface area contributed by atoms with Crippen LogP contribution in [-0.4, -0.2) is 31.6 Å². The first-order valence-corrected chi connectivity index (χ1v) is 7.86. The highest BCUT2D eigenvalue weighted by Gasteiger charge is 1.97. The van der Waals surface area contributed by atoms with E-state index in [2.05, 4.69) is 23.7 Å². The molecule has 0 aromatic heterocycles. The minimum absolute atomic E-state index is 1.05. The van der Waals surface area contributed by atoms with Gasteiger partial charge < -0.3 is 10.2 Å². The molecule has 0 rings (SSSR count). The Balaban J connectivity index is 3.20. The summed E-state index contributed by atoms with van der Waals surface area (Å²) in [4.78, 5) is 2.32. The Morgan fingerprint density at radius 3 is 1.94 bits per heavy atom. The zero-order chi connectivity index (χ0) is 13.5. The highest BCUT2D eigenvalue weighted by Crippen LogP contribution is 2.09. The van der Waals surface area contributed by atoms with Gasteiger partial charge in [0.2, 0.25) is 0 Å². The normalized spacial score (nSPS) is 10.6. The van der Waals surface area contributed by atoms with Gasteiger partial charge in [-0.2, -0.15) is 0 Å².